The van der Waals surface area contributed by atoms with Crippen LogP contribution in [0.4, 0.5) is 0 Å². The molecular formula is C18H24O4. The van der Waals surface area contributed by atoms with Gasteiger partial charge in [-0.25, -0.2) is 4.79 Å². The summed E-state index contributed by atoms with van der Waals surface area (Å²) in [5, 5.41) is 0. The molecule has 0 bridgehead atoms. The minimum Gasteiger partial charge on any atom is -0.465 e. The molecule has 22 heavy (non-hydrogen) atoms. The van der Waals surface area contributed by atoms with Crippen LogP contribution in [0.25, 0.3) is 0 Å². The van der Waals surface area contributed by atoms with Crippen LogP contribution in [0, 0.1) is 0 Å². The van der Waals surface area contributed by atoms with Crippen molar-refractivity contribution in [2.45, 2.75) is 51.4 Å². The summed E-state index contributed by atoms with van der Waals surface area (Å²) < 4.78 is 10.3. The maximum absolute atomic E-state index is 12.4. The zero-order valence-electron chi connectivity index (χ0n) is 13.4. The summed E-state index contributed by atoms with van der Waals surface area (Å²) in [6.45, 7) is 2.57. The molecule has 0 spiro atoms. The fourth-order valence-electron chi connectivity index (χ4n) is 3.03. The number of hydrogen-bond donors (Lipinski definition) is 0. The molecule has 4 nitrogen and oxygen atoms in total. The summed E-state index contributed by atoms with van der Waals surface area (Å²) in [6, 6.07) is 5.56. The van der Waals surface area contributed by atoms with Crippen molar-refractivity contribution in [3.05, 3.63) is 34.9 Å². The molecule has 0 aliphatic heterocycles. The lowest BCUT2D eigenvalue weighted by molar-refractivity contribution is -0.146. The summed E-state index contributed by atoms with van der Waals surface area (Å²) in [4.78, 5) is 24.4. The normalized spacial score (nSPS) is 16.7. The molecular weight excluding hydrogens is 280 g/mol. The van der Waals surface area contributed by atoms with Crippen LogP contribution in [0.1, 0.15) is 66.4 Å². The van der Waals surface area contributed by atoms with E-state index in [1.54, 1.807) is 6.07 Å². The Balaban J connectivity index is 2.19. The van der Waals surface area contributed by atoms with E-state index in [4.69, 9.17) is 9.47 Å². The quantitative estimate of drug-likeness (QED) is 0.595. The van der Waals surface area contributed by atoms with Crippen molar-refractivity contribution in [1.29, 1.82) is 0 Å². The number of carbonyl (C=O) groups excluding carboxylic acids is 2. The van der Waals surface area contributed by atoms with Crippen molar-refractivity contribution in [2.75, 3.05) is 13.7 Å². The Kier molecular flexibility index (Phi) is 5.99. The molecule has 0 aromatic heterocycles. The maximum Gasteiger partial charge on any atom is 0.338 e. The predicted molar refractivity (Wildman–Crippen MR) is 83.9 cm³/mol. The molecule has 1 unspecified atom stereocenters. The molecule has 0 amide bonds. The first-order valence-corrected chi connectivity index (χ1v) is 8.05. The Morgan fingerprint density at radius 3 is 2.82 bits per heavy atom. The highest BCUT2D eigenvalue weighted by atomic mass is 16.5. The van der Waals surface area contributed by atoms with Crippen LogP contribution < -0.4 is 0 Å². The van der Waals surface area contributed by atoms with Gasteiger partial charge >= 0.3 is 11.9 Å². The number of hydrogen-bond acceptors (Lipinski definition) is 4. The third-order valence-corrected chi connectivity index (χ3v) is 4.17. The van der Waals surface area contributed by atoms with E-state index in [1.165, 1.54) is 7.11 Å². The van der Waals surface area contributed by atoms with Crippen LogP contribution in [0.3, 0.4) is 0 Å². The highest BCUT2D eigenvalue weighted by Gasteiger charge is 2.31. The van der Waals surface area contributed by atoms with Gasteiger partial charge in [0.2, 0.25) is 0 Å². The lowest BCUT2D eigenvalue weighted by atomic mass is 9.80. The molecule has 0 radical (unpaired) electrons. The number of methoxy groups -OCH3 is 1. The molecule has 1 aromatic carbocycles. The Morgan fingerprint density at radius 1 is 1.27 bits per heavy atom. The molecule has 0 heterocycles. The van der Waals surface area contributed by atoms with Crippen molar-refractivity contribution < 1.29 is 19.1 Å². The number of aryl methyl sites for hydroxylation is 1. The van der Waals surface area contributed by atoms with E-state index in [0.29, 0.717) is 12.2 Å². The van der Waals surface area contributed by atoms with Crippen molar-refractivity contribution in [3.63, 3.8) is 0 Å². The van der Waals surface area contributed by atoms with Crippen LogP contribution in [-0.2, 0) is 20.7 Å². The fraction of sp³-hybridized carbons (Fsp3) is 0.556. The number of rotatable bonds is 6. The van der Waals surface area contributed by atoms with Gasteiger partial charge in [0.1, 0.15) is 0 Å². The van der Waals surface area contributed by atoms with E-state index < -0.39 is 0 Å². The first kappa shape index (κ1) is 16.5. The number of esters is 2. The lowest BCUT2D eigenvalue weighted by Gasteiger charge is -2.26. The molecule has 1 atom stereocenters. The SMILES string of the molecule is CCCCCOC(=O)C1CCCc2cccc(C(=O)OC)c21. The van der Waals surface area contributed by atoms with Crippen molar-refractivity contribution in [3.8, 4) is 0 Å². The summed E-state index contributed by atoms with van der Waals surface area (Å²) in [5.74, 6) is -0.948. The molecule has 0 N–H and O–H groups in total. The van der Waals surface area contributed by atoms with Gasteiger partial charge in [-0.1, -0.05) is 31.9 Å². The first-order chi connectivity index (χ1) is 10.7. The van der Waals surface area contributed by atoms with Crippen LogP contribution in [0.15, 0.2) is 18.2 Å². The van der Waals surface area contributed by atoms with Gasteiger partial charge in [0.15, 0.2) is 0 Å². The van der Waals surface area contributed by atoms with E-state index >= 15 is 0 Å². The largest absolute Gasteiger partial charge is 0.465 e. The highest BCUT2D eigenvalue weighted by Crippen LogP contribution is 2.35. The zero-order valence-corrected chi connectivity index (χ0v) is 13.4. The highest BCUT2D eigenvalue weighted by molar-refractivity contribution is 5.94. The number of benzene rings is 1. The third-order valence-electron chi connectivity index (χ3n) is 4.17. The average molecular weight is 304 g/mol. The standard InChI is InChI=1S/C18H24O4/c1-3-4-5-12-22-18(20)15-11-7-9-13-8-6-10-14(16(13)15)17(19)21-2/h6,8,10,15H,3-5,7,9,11-12H2,1-2H3. The van der Waals surface area contributed by atoms with E-state index in [1.807, 2.05) is 12.1 Å². The van der Waals surface area contributed by atoms with E-state index in [2.05, 4.69) is 6.92 Å². The smallest absolute Gasteiger partial charge is 0.338 e. The summed E-state index contributed by atoms with van der Waals surface area (Å²) in [7, 11) is 1.36. The average Bonchev–Trinajstić information content (AvgIpc) is 2.56. The van der Waals surface area contributed by atoms with Crippen molar-refractivity contribution in [1.82, 2.24) is 0 Å². The number of unbranched alkanes of at least 4 members (excludes halogenated alkanes) is 2. The second kappa shape index (κ2) is 7.97. The van der Waals surface area contributed by atoms with Gasteiger partial charge in [-0.05, 0) is 42.9 Å². The molecule has 0 saturated heterocycles. The van der Waals surface area contributed by atoms with Gasteiger partial charge in [-0.15, -0.1) is 0 Å². The lowest BCUT2D eigenvalue weighted by Crippen LogP contribution is -2.24. The fourth-order valence-corrected chi connectivity index (χ4v) is 3.03. The molecule has 2 rings (SSSR count). The van der Waals surface area contributed by atoms with Gasteiger partial charge in [0, 0.05) is 0 Å². The van der Waals surface area contributed by atoms with Gasteiger partial charge in [0.25, 0.3) is 0 Å². The van der Waals surface area contributed by atoms with Crippen LogP contribution in [0.2, 0.25) is 0 Å². The first-order valence-electron chi connectivity index (χ1n) is 8.05. The molecule has 0 fully saturated rings. The predicted octanol–water partition coefficient (Wildman–Crippen LogP) is 3.63. The Labute approximate surface area is 131 Å². The summed E-state index contributed by atoms with van der Waals surface area (Å²) in [6.07, 6.45) is 5.60. The third kappa shape index (κ3) is 3.67. The Bertz CT molecular complexity index is 536. The van der Waals surface area contributed by atoms with Gasteiger partial charge < -0.3 is 9.47 Å². The zero-order chi connectivity index (χ0) is 15.9. The van der Waals surface area contributed by atoms with Crippen molar-refractivity contribution >= 4 is 11.9 Å². The molecule has 1 aliphatic carbocycles. The van der Waals surface area contributed by atoms with Gasteiger partial charge in [-0.2, -0.15) is 0 Å². The monoisotopic (exact) mass is 304 g/mol. The molecule has 1 aromatic rings. The van der Waals surface area contributed by atoms with Gasteiger partial charge in [-0.3, -0.25) is 4.79 Å². The maximum atomic E-state index is 12.4. The molecule has 1 aliphatic rings. The number of fused-ring (bicyclic) bond motifs is 1. The Morgan fingerprint density at radius 2 is 2.09 bits per heavy atom. The second-order valence-corrected chi connectivity index (χ2v) is 5.69. The second-order valence-electron chi connectivity index (χ2n) is 5.69. The summed E-state index contributed by atoms with van der Waals surface area (Å²) in [5.41, 5.74) is 2.36. The van der Waals surface area contributed by atoms with Crippen LogP contribution in [-0.4, -0.2) is 25.7 Å². The number of ether oxygens (including phenoxy) is 2. The van der Waals surface area contributed by atoms with Crippen LogP contribution in [0.5, 0.6) is 0 Å². The van der Waals surface area contributed by atoms with E-state index in [-0.39, 0.29) is 17.9 Å². The Hall–Kier alpha value is -1.84. The molecule has 0 saturated carbocycles. The molecule has 4 heteroatoms. The van der Waals surface area contributed by atoms with E-state index in [9.17, 15) is 9.59 Å². The van der Waals surface area contributed by atoms with E-state index in [0.717, 1.165) is 49.7 Å². The topological polar surface area (TPSA) is 52.6 Å². The minimum atomic E-state index is -0.387. The summed E-state index contributed by atoms with van der Waals surface area (Å²) >= 11 is 0. The molecule has 120 valence electrons. The van der Waals surface area contributed by atoms with Crippen molar-refractivity contribution in [2.24, 2.45) is 0 Å². The van der Waals surface area contributed by atoms with Crippen LogP contribution >= 0.6 is 0 Å². The minimum absolute atomic E-state index is 0.214. The number of carbonyl (C=O) groups is 2. The van der Waals surface area contributed by atoms with Gasteiger partial charge in [0.05, 0.1) is 25.2 Å².